The van der Waals surface area contributed by atoms with Crippen LogP contribution < -0.4 is 0 Å². The van der Waals surface area contributed by atoms with E-state index in [-0.39, 0.29) is 43.1 Å². The first kappa shape index (κ1) is 43.0. The van der Waals surface area contributed by atoms with Gasteiger partial charge in [-0.15, -0.1) is 29.8 Å². The fourth-order valence-electron chi connectivity index (χ4n) is 8.98. The molecule has 64 heavy (non-hydrogen) atoms. The minimum Gasteiger partial charge on any atom is -0.507 e. The van der Waals surface area contributed by atoms with Crippen LogP contribution in [0.1, 0.15) is 79.0 Å². The Labute approximate surface area is 390 Å². The monoisotopic (exact) mass is 1020 g/mol. The van der Waals surface area contributed by atoms with Crippen molar-refractivity contribution in [2.24, 2.45) is 0 Å². The summed E-state index contributed by atoms with van der Waals surface area (Å²) in [5.41, 5.74) is 13.2. The number of phenols is 1. The Kier molecular flexibility index (Phi) is 10.6. The Hall–Kier alpha value is -6.29. The number of aromatic nitrogens is 3. The van der Waals surface area contributed by atoms with E-state index < -0.39 is 0 Å². The van der Waals surface area contributed by atoms with Crippen LogP contribution >= 0.6 is 0 Å². The van der Waals surface area contributed by atoms with Crippen LogP contribution in [0.25, 0.3) is 94.3 Å². The molecular formula is C58H52N3O2Pt-. The molecule has 10 rings (SSSR count). The number of hydrogen-bond acceptors (Lipinski definition) is 4. The smallest absolute Gasteiger partial charge is 0.148 e. The van der Waals surface area contributed by atoms with Crippen molar-refractivity contribution in [3.63, 3.8) is 0 Å². The van der Waals surface area contributed by atoms with E-state index in [4.69, 9.17) is 14.4 Å². The number of imidazole rings is 1. The number of benzene rings is 7. The van der Waals surface area contributed by atoms with Gasteiger partial charge in [0.15, 0.2) is 0 Å². The number of phenolic OH excluding ortho intramolecular Hbond substituents is 1. The Morgan fingerprint density at radius 2 is 1.25 bits per heavy atom. The van der Waals surface area contributed by atoms with Gasteiger partial charge in [-0.05, 0) is 74.7 Å². The summed E-state index contributed by atoms with van der Waals surface area (Å²) in [6.07, 6.45) is 1.86. The van der Waals surface area contributed by atoms with Gasteiger partial charge >= 0.3 is 0 Å². The molecule has 322 valence electrons. The van der Waals surface area contributed by atoms with Crippen molar-refractivity contribution in [3.8, 4) is 56.3 Å². The van der Waals surface area contributed by atoms with Crippen LogP contribution in [-0.2, 0) is 37.3 Å². The van der Waals surface area contributed by atoms with Gasteiger partial charge in [0.05, 0.1) is 22.3 Å². The fraction of sp³-hybridized carbons (Fsp3) is 0.207. The zero-order valence-corrected chi connectivity index (χ0v) is 40.1. The number of hydrogen-bond donors (Lipinski definition) is 1. The van der Waals surface area contributed by atoms with Crippen LogP contribution in [0.3, 0.4) is 0 Å². The number of aromatic hydroxyl groups is 1. The molecule has 0 aliphatic rings. The molecule has 10 aromatic rings. The number of nitrogens with zero attached hydrogens (tertiary/aromatic N) is 3. The van der Waals surface area contributed by atoms with Gasteiger partial charge in [0.1, 0.15) is 22.7 Å². The summed E-state index contributed by atoms with van der Waals surface area (Å²) in [7, 11) is 0. The van der Waals surface area contributed by atoms with Crippen LogP contribution in [0.15, 0.2) is 150 Å². The molecular weight excluding hydrogens is 966 g/mol. The van der Waals surface area contributed by atoms with Crippen LogP contribution in [0.5, 0.6) is 5.75 Å². The predicted octanol–water partition coefficient (Wildman–Crippen LogP) is 15.5. The van der Waals surface area contributed by atoms with Crippen LogP contribution in [0, 0.1) is 6.07 Å². The zero-order valence-electron chi connectivity index (χ0n) is 37.9. The largest absolute Gasteiger partial charge is 0.507 e. The van der Waals surface area contributed by atoms with Gasteiger partial charge in [-0.2, -0.15) is 0 Å². The van der Waals surface area contributed by atoms with E-state index >= 15 is 0 Å². The second-order valence-electron chi connectivity index (χ2n) is 20.0. The molecule has 0 amide bonds. The zero-order chi connectivity index (χ0) is 44.0. The van der Waals surface area contributed by atoms with Crippen LogP contribution in [0.4, 0.5) is 0 Å². The summed E-state index contributed by atoms with van der Waals surface area (Å²) in [5, 5.41) is 16.8. The first-order chi connectivity index (χ1) is 30.1. The van der Waals surface area contributed by atoms with E-state index in [1.807, 2.05) is 24.4 Å². The fourth-order valence-corrected chi connectivity index (χ4v) is 8.98. The van der Waals surface area contributed by atoms with Crippen molar-refractivity contribution < 1.29 is 30.6 Å². The molecule has 0 radical (unpaired) electrons. The van der Waals surface area contributed by atoms with Gasteiger partial charge < -0.3 is 9.52 Å². The van der Waals surface area contributed by atoms with Gasteiger partial charge in [0, 0.05) is 60.2 Å². The average molecular weight is 1020 g/mol. The maximum absolute atomic E-state index is 12.5. The van der Waals surface area contributed by atoms with Crippen molar-refractivity contribution in [2.45, 2.75) is 78.6 Å². The van der Waals surface area contributed by atoms with Gasteiger partial charge in [0.2, 0.25) is 0 Å². The second-order valence-corrected chi connectivity index (χ2v) is 20.0. The summed E-state index contributed by atoms with van der Waals surface area (Å²) < 4.78 is 8.97. The molecule has 0 fully saturated rings. The minimum atomic E-state index is -0.328. The summed E-state index contributed by atoms with van der Waals surface area (Å²) >= 11 is 0. The molecule has 0 atom stereocenters. The summed E-state index contributed by atoms with van der Waals surface area (Å²) in [6.45, 7) is 19.9. The Morgan fingerprint density at radius 3 is 2.00 bits per heavy atom. The first-order valence-corrected chi connectivity index (χ1v) is 21.9. The molecule has 0 saturated carbocycles. The van der Waals surface area contributed by atoms with Crippen molar-refractivity contribution in [3.05, 3.63) is 168 Å². The van der Waals surface area contributed by atoms with Crippen molar-refractivity contribution >= 4 is 43.7 Å². The predicted molar refractivity (Wildman–Crippen MR) is 262 cm³/mol. The molecule has 0 unspecified atom stereocenters. The molecule has 0 aliphatic heterocycles. The quantitative estimate of drug-likeness (QED) is 0.175. The van der Waals surface area contributed by atoms with E-state index in [1.165, 1.54) is 5.56 Å². The number of rotatable bonds is 5. The third-order valence-electron chi connectivity index (χ3n) is 12.5. The van der Waals surface area contributed by atoms with Gasteiger partial charge in [-0.25, -0.2) is 4.98 Å². The topological polar surface area (TPSA) is 64.1 Å². The number of furan rings is 1. The molecule has 0 spiro atoms. The van der Waals surface area contributed by atoms with Gasteiger partial charge in [0.25, 0.3) is 0 Å². The number of fused-ring (bicyclic) bond motifs is 6. The van der Waals surface area contributed by atoms with E-state index in [0.29, 0.717) is 11.4 Å². The average Bonchev–Trinajstić information content (AvgIpc) is 3.85. The maximum Gasteiger partial charge on any atom is 0.148 e. The SMILES string of the molecule is CC(C)(C)c1ccc(-n2c(-c3cc(C(C)(C)C)cc(C(C)(C)C)c3O)nc3c(-c4[c-]c(-c5nccc6c5oc5c7ccccc7ccc65)ccc4)cccc32)c(-c2ccccc2)c1.[Pt]. The standard InChI is InChI=1S/C58H52N3O2.Pt/c1-56(2,3)39-26-28-48(45(32-39)35-17-11-10-12-18-35)61-49-24-16-23-41(51(49)60-55(61)46-33-40(57(4,5)6)34-47(52(46)62)58(7,8)9)37-20-15-21-38(31-37)50-54-44(29-30-59-50)43-27-25-36-19-13-14-22-42(36)53(43)63-54;/h10-30,32-34,62H,1-9H3;/q-1;. The molecule has 3 heterocycles. The van der Waals surface area contributed by atoms with Crippen molar-refractivity contribution in [1.82, 2.24) is 14.5 Å². The number of pyridine rings is 1. The third-order valence-corrected chi connectivity index (χ3v) is 12.5. The molecule has 3 aromatic heterocycles. The van der Waals surface area contributed by atoms with Crippen LogP contribution in [0.2, 0.25) is 0 Å². The minimum absolute atomic E-state index is 0. The molecule has 0 saturated heterocycles. The summed E-state index contributed by atoms with van der Waals surface area (Å²) in [5.74, 6) is 0.914. The molecule has 1 N–H and O–H groups in total. The van der Waals surface area contributed by atoms with Crippen molar-refractivity contribution in [1.29, 1.82) is 0 Å². The molecule has 0 bridgehead atoms. The third kappa shape index (κ3) is 7.34. The van der Waals surface area contributed by atoms with E-state index in [2.05, 4.69) is 194 Å². The van der Waals surface area contributed by atoms with E-state index in [1.54, 1.807) is 0 Å². The van der Waals surface area contributed by atoms with Gasteiger partial charge in [-0.3, -0.25) is 9.55 Å². The molecule has 5 nitrogen and oxygen atoms in total. The first-order valence-electron chi connectivity index (χ1n) is 21.9. The Balaban J connectivity index is 0.00000518. The van der Waals surface area contributed by atoms with Crippen molar-refractivity contribution in [2.75, 3.05) is 0 Å². The molecule has 6 heteroatoms. The Bertz CT molecular complexity index is 3410. The number of para-hydroxylation sites is 1. The molecule has 7 aromatic carbocycles. The summed E-state index contributed by atoms with van der Waals surface area (Å²) in [4.78, 5) is 10.5. The van der Waals surface area contributed by atoms with E-state index in [0.717, 1.165) is 94.1 Å². The molecule has 0 aliphatic carbocycles. The van der Waals surface area contributed by atoms with Gasteiger partial charge in [-0.1, -0.05) is 158 Å². The summed E-state index contributed by atoms with van der Waals surface area (Å²) in [6, 6.07) is 52.6. The van der Waals surface area contributed by atoms with Crippen LogP contribution in [-0.4, -0.2) is 19.6 Å². The maximum atomic E-state index is 12.5. The van der Waals surface area contributed by atoms with E-state index in [9.17, 15) is 5.11 Å². The normalized spacial score (nSPS) is 12.4. The Morgan fingerprint density at radius 1 is 0.562 bits per heavy atom. The second kappa shape index (κ2) is 15.7.